The van der Waals surface area contributed by atoms with Crippen LogP contribution >= 0.6 is 11.3 Å². The summed E-state index contributed by atoms with van der Waals surface area (Å²) in [6.45, 7) is 11.3. The number of rotatable bonds is 25. The summed E-state index contributed by atoms with van der Waals surface area (Å²) in [5.74, 6) is -0.219. The summed E-state index contributed by atoms with van der Waals surface area (Å²) in [6, 6.07) is 36.5. The lowest BCUT2D eigenvalue weighted by Crippen LogP contribution is -2.50. The minimum absolute atomic E-state index is 0.0480. The number of likely N-dealkylation sites (tertiary alicyclic amines) is 1. The summed E-state index contributed by atoms with van der Waals surface area (Å²) in [5, 5.41) is 13.6. The van der Waals surface area contributed by atoms with Gasteiger partial charge in [-0.2, -0.15) is 0 Å². The molecule has 0 aliphatic carbocycles. The number of nitrogens with zero attached hydrogens (tertiary/aromatic N) is 3. The molecule has 1 aliphatic heterocycles. The number of thiazole rings is 1. The number of hydrogen-bond donors (Lipinski definition) is 2. The smallest absolute Gasteiger partial charge is 0.243 e. The van der Waals surface area contributed by atoms with Gasteiger partial charge in [0.05, 0.1) is 28.7 Å². The van der Waals surface area contributed by atoms with Crippen molar-refractivity contribution in [2.24, 2.45) is 11.3 Å². The van der Waals surface area contributed by atoms with E-state index in [1.807, 2.05) is 88.8 Å². The fraction of sp³-hybridized carbons (Fsp3) is 0.441. The van der Waals surface area contributed by atoms with Crippen molar-refractivity contribution < 1.29 is 29.0 Å². The molecule has 4 aromatic carbocycles. The topological polar surface area (TPSA) is 129 Å². The number of nitrogens with one attached hydrogen (secondary N) is 1. The minimum atomic E-state index is -0.806. The number of amides is 3. The number of ketones is 1. The van der Waals surface area contributed by atoms with E-state index in [1.165, 1.54) is 27.2 Å². The molecule has 372 valence electrons. The lowest BCUT2D eigenvalue weighted by molar-refractivity contribution is -0.146. The lowest BCUT2D eigenvalue weighted by Gasteiger charge is -2.34. The molecule has 0 bridgehead atoms. The summed E-state index contributed by atoms with van der Waals surface area (Å²) < 4.78 is 6.08. The summed E-state index contributed by atoms with van der Waals surface area (Å²) in [7, 11) is 1.84. The van der Waals surface area contributed by atoms with E-state index < -0.39 is 23.5 Å². The van der Waals surface area contributed by atoms with Gasteiger partial charge in [0, 0.05) is 51.7 Å². The largest absolute Gasteiger partial charge is 0.492 e. The van der Waals surface area contributed by atoms with Crippen molar-refractivity contribution in [1.82, 2.24) is 20.1 Å². The zero-order chi connectivity index (χ0) is 50.0. The predicted octanol–water partition coefficient (Wildman–Crippen LogP) is 11.7. The number of hydrogen-bond acceptors (Lipinski definition) is 8. The summed E-state index contributed by atoms with van der Waals surface area (Å²) in [5.41, 5.74) is 10.3. The van der Waals surface area contributed by atoms with Crippen LogP contribution in [0, 0.1) is 18.3 Å². The second-order valence-corrected chi connectivity index (χ2v) is 20.7. The van der Waals surface area contributed by atoms with Crippen LogP contribution in [0.4, 0.5) is 0 Å². The number of Topliss-reactive ketones (excluding diaryl/α,β-unsaturated/α-hetero) is 1. The molecule has 2 N–H and O–H groups in total. The van der Waals surface area contributed by atoms with Crippen LogP contribution in [-0.2, 0) is 25.7 Å². The molecule has 1 aliphatic rings. The van der Waals surface area contributed by atoms with E-state index in [0.29, 0.717) is 32.5 Å². The molecule has 1 aromatic heterocycles. The number of aliphatic hydroxyl groups excluding tert-OH is 1. The number of aromatic nitrogens is 1. The van der Waals surface area contributed by atoms with Crippen molar-refractivity contribution in [3.63, 3.8) is 0 Å². The number of likely N-dealkylation sites (N-methyl/N-ethyl adjacent to an activating group) is 1. The van der Waals surface area contributed by atoms with Crippen LogP contribution in [-0.4, -0.2) is 82.3 Å². The second-order valence-electron chi connectivity index (χ2n) is 19.8. The maximum absolute atomic E-state index is 14.1. The number of aryl methyl sites for hydroxylation is 1. The molecule has 0 spiro atoms. The first-order valence-corrected chi connectivity index (χ1v) is 26.2. The number of allylic oxidation sites excluding steroid dienone is 1. The van der Waals surface area contributed by atoms with Gasteiger partial charge in [-0.05, 0) is 82.7 Å². The first kappa shape index (κ1) is 53.4. The highest BCUT2D eigenvalue weighted by molar-refractivity contribution is 7.13. The Morgan fingerprint density at radius 1 is 0.814 bits per heavy atom. The number of benzene rings is 4. The number of unbranched alkanes of at least 4 members (excludes halogenated alkanes) is 6. The third kappa shape index (κ3) is 15.3. The molecule has 5 aromatic rings. The van der Waals surface area contributed by atoms with Crippen LogP contribution in [0.5, 0.6) is 5.75 Å². The third-order valence-electron chi connectivity index (χ3n) is 13.5. The first-order chi connectivity index (χ1) is 33.7. The van der Waals surface area contributed by atoms with Crippen LogP contribution in [0.1, 0.15) is 133 Å². The highest BCUT2D eigenvalue weighted by atomic mass is 32.1. The van der Waals surface area contributed by atoms with Crippen LogP contribution in [0.2, 0.25) is 0 Å². The Hall–Kier alpha value is -5.91. The molecular weight excluding hydrogens is 893 g/mol. The van der Waals surface area contributed by atoms with Gasteiger partial charge in [0.15, 0.2) is 0 Å². The number of ether oxygens (including phenoxy) is 1. The van der Waals surface area contributed by atoms with Gasteiger partial charge in [-0.15, -0.1) is 11.3 Å². The molecular formula is C59H74N4O6S. The molecule has 1 saturated heterocycles. The average molecular weight is 967 g/mol. The van der Waals surface area contributed by atoms with Crippen molar-refractivity contribution in [2.45, 2.75) is 130 Å². The van der Waals surface area contributed by atoms with E-state index in [1.54, 1.807) is 16.2 Å². The zero-order valence-electron chi connectivity index (χ0n) is 42.3. The van der Waals surface area contributed by atoms with E-state index in [9.17, 15) is 24.3 Å². The zero-order valence-corrected chi connectivity index (χ0v) is 43.1. The van der Waals surface area contributed by atoms with Crippen LogP contribution in [0.25, 0.3) is 21.6 Å². The first-order valence-electron chi connectivity index (χ1n) is 25.3. The van der Waals surface area contributed by atoms with Crippen LogP contribution < -0.4 is 10.1 Å². The van der Waals surface area contributed by atoms with Gasteiger partial charge in [-0.25, -0.2) is 4.98 Å². The average Bonchev–Trinajstić information content (AvgIpc) is 3.98. The fourth-order valence-electron chi connectivity index (χ4n) is 9.36. The maximum Gasteiger partial charge on any atom is 0.243 e. The van der Waals surface area contributed by atoms with Crippen molar-refractivity contribution in [3.8, 4) is 16.2 Å². The molecule has 0 radical (unpaired) electrons. The summed E-state index contributed by atoms with van der Waals surface area (Å²) in [4.78, 5) is 62.5. The second kappa shape index (κ2) is 26.3. The van der Waals surface area contributed by atoms with E-state index in [-0.39, 0.29) is 42.9 Å². The molecule has 3 amide bonds. The number of β-amino-alcohol motifs (C(OH)–C–C–N with tert-alkyl or cyclic N) is 1. The standard InChI is InChI=1S/C59H74N4O6S/c1-7-51(44-21-15-13-16-22-44)55(45-23-17-14-18-24-45)46-31-33-50(34-32-46)69-36-35-62(6)54(66)26-20-12-10-8-9-11-19-25-48(64)37-52(59(3,4)5)58(68)63-40-49(65)38-53(63)57(67)60-39-43-27-29-47(30-28-43)56-42(2)61-41-70-56/h13-18,21-24,27-34,41,49,52-53,65H,7-12,19-20,25-26,35-40H2,1-6H3,(H,60,67)/b55-51-/t49-,52-,53+/m1/s1. The van der Waals surface area contributed by atoms with Gasteiger partial charge in [0.1, 0.15) is 24.2 Å². The van der Waals surface area contributed by atoms with Gasteiger partial charge in [0.2, 0.25) is 17.7 Å². The van der Waals surface area contributed by atoms with Gasteiger partial charge in [-0.1, -0.05) is 157 Å². The van der Waals surface area contributed by atoms with Crippen molar-refractivity contribution >= 4 is 46.0 Å². The Morgan fingerprint density at radius 3 is 2.01 bits per heavy atom. The van der Waals surface area contributed by atoms with E-state index >= 15 is 0 Å². The molecule has 6 rings (SSSR count). The van der Waals surface area contributed by atoms with Crippen molar-refractivity contribution in [1.29, 1.82) is 0 Å². The quantitative estimate of drug-likeness (QED) is 0.0440. The summed E-state index contributed by atoms with van der Waals surface area (Å²) >= 11 is 1.59. The minimum Gasteiger partial charge on any atom is -0.492 e. The molecule has 0 saturated carbocycles. The third-order valence-corrected chi connectivity index (χ3v) is 14.5. The van der Waals surface area contributed by atoms with Gasteiger partial charge < -0.3 is 25.0 Å². The molecule has 70 heavy (non-hydrogen) atoms. The molecule has 3 atom stereocenters. The Morgan fingerprint density at radius 2 is 1.41 bits per heavy atom. The van der Waals surface area contributed by atoms with Crippen LogP contribution in [0.3, 0.4) is 0 Å². The normalized spacial score (nSPS) is 15.6. The van der Waals surface area contributed by atoms with Crippen molar-refractivity contribution in [3.05, 3.63) is 143 Å². The number of carbonyl (C=O) groups excluding carboxylic acids is 4. The molecule has 0 unspecified atom stereocenters. The fourth-order valence-corrected chi connectivity index (χ4v) is 10.2. The van der Waals surface area contributed by atoms with Gasteiger partial charge >= 0.3 is 0 Å². The van der Waals surface area contributed by atoms with E-state index in [2.05, 4.69) is 77.9 Å². The maximum atomic E-state index is 14.1. The molecule has 1 fully saturated rings. The number of carbonyl (C=O) groups is 4. The highest BCUT2D eigenvalue weighted by Gasteiger charge is 2.44. The highest BCUT2D eigenvalue weighted by Crippen LogP contribution is 2.36. The molecule has 2 heterocycles. The van der Waals surface area contributed by atoms with Gasteiger partial charge in [-0.3, -0.25) is 19.2 Å². The Balaban J connectivity index is 0.850. The molecule has 11 heteroatoms. The molecule has 10 nitrogen and oxygen atoms in total. The number of aliphatic hydroxyl groups is 1. The monoisotopic (exact) mass is 967 g/mol. The SMILES string of the molecule is CC/C(=C(\c1ccccc1)c1ccc(OCCN(C)C(=O)CCCCCCCCCC(=O)C[C@H](C(=O)N2C[C@H](O)C[C@H]2C(=O)NCc2ccc(-c3scnc3C)cc2)C(C)(C)C)cc1)c1ccccc1. The predicted molar refractivity (Wildman–Crippen MR) is 283 cm³/mol. The Bertz CT molecular complexity index is 2480. The van der Waals surface area contributed by atoms with Crippen LogP contribution in [0.15, 0.2) is 115 Å². The Kier molecular flexibility index (Phi) is 20.1. The van der Waals surface area contributed by atoms with Crippen molar-refractivity contribution in [2.75, 3.05) is 26.7 Å². The summed E-state index contributed by atoms with van der Waals surface area (Å²) in [6.07, 6.45) is 7.87. The van der Waals surface area contributed by atoms with Gasteiger partial charge in [0.25, 0.3) is 0 Å². The Labute approximate surface area is 420 Å². The van der Waals surface area contributed by atoms with E-state index in [4.69, 9.17) is 4.74 Å². The lowest BCUT2D eigenvalue weighted by atomic mass is 9.76. The van der Waals surface area contributed by atoms with E-state index in [0.717, 1.165) is 84.4 Å².